The maximum Gasteiger partial charge on any atom is 0.218 e. The predicted molar refractivity (Wildman–Crippen MR) is 362 cm³/mol. The number of imidazole rings is 1. The molecule has 8 aromatic heterocycles. The van der Waals surface area contributed by atoms with Gasteiger partial charge in [-0.25, -0.2) is 47.8 Å². The van der Waals surface area contributed by atoms with Crippen molar-refractivity contribution >= 4 is 85.8 Å². The maximum atomic E-state index is 14.0. The van der Waals surface area contributed by atoms with Gasteiger partial charge in [0.1, 0.15) is 41.4 Å². The first-order chi connectivity index (χ1) is 46.6. The highest BCUT2D eigenvalue weighted by molar-refractivity contribution is 6.36. The highest BCUT2D eigenvalue weighted by Crippen LogP contribution is 2.34. The van der Waals surface area contributed by atoms with Crippen molar-refractivity contribution in [3.05, 3.63) is 237 Å². The monoisotopic (exact) mass is 1370 g/mol. The number of hydrogen-bond donors (Lipinski definition) is 2. The van der Waals surface area contributed by atoms with E-state index in [1.165, 1.54) is 64.6 Å². The van der Waals surface area contributed by atoms with Crippen LogP contribution < -0.4 is 20.4 Å². The summed E-state index contributed by atoms with van der Waals surface area (Å²) >= 11 is 24.6. The number of fused-ring (bicyclic) bond motifs is 3. The van der Waals surface area contributed by atoms with Gasteiger partial charge in [-0.05, 0) is 132 Å². The predicted octanol–water partition coefficient (Wildman–Crippen LogP) is 13.6. The van der Waals surface area contributed by atoms with E-state index in [1.807, 2.05) is 90.7 Å². The third-order valence-corrected chi connectivity index (χ3v) is 17.1. The third kappa shape index (κ3) is 15.9. The lowest BCUT2D eigenvalue weighted by molar-refractivity contribution is 0.0317. The van der Waals surface area contributed by atoms with Crippen LogP contribution in [0.25, 0.3) is 67.4 Å². The van der Waals surface area contributed by atoms with Crippen molar-refractivity contribution in [3.8, 4) is 33.8 Å². The summed E-state index contributed by atoms with van der Waals surface area (Å²) in [5, 5.41) is 17.6. The highest BCUT2D eigenvalue weighted by atomic mass is 35.5. The molecule has 1 saturated heterocycles. The zero-order valence-electron chi connectivity index (χ0n) is 51.9. The second kappa shape index (κ2) is 30.3. The van der Waals surface area contributed by atoms with Gasteiger partial charge in [0.05, 0.1) is 78.4 Å². The average Bonchev–Trinajstić information content (AvgIpc) is 1.68. The molecule has 2 N–H and O–H groups in total. The van der Waals surface area contributed by atoms with Crippen molar-refractivity contribution in [2.75, 3.05) is 39.2 Å². The summed E-state index contributed by atoms with van der Waals surface area (Å²) in [4.78, 5) is 59.1. The summed E-state index contributed by atoms with van der Waals surface area (Å²) in [5.41, 5.74) is 14.2. The number of nitrogens with one attached hydrogen (secondary N) is 2. The van der Waals surface area contributed by atoms with Crippen molar-refractivity contribution < 1.29 is 27.6 Å². The minimum absolute atomic E-state index is 0.0672. The molecule has 96 heavy (non-hydrogen) atoms. The van der Waals surface area contributed by atoms with Gasteiger partial charge in [0, 0.05) is 73.5 Å². The lowest BCUT2D eigenvalue weighted by Crippen LogP contribution is -2.29. The number of aromatic nitrogens is 15. The van der Waals surface area contributed by atoms with E-state index in [0.29, 0.717) is 97.3 Å². The number of Topliss-reactive ketones (excluding diaryl/α,β-unsaturated/α-hetero) is 1. The van der Waals surface area contributed by atoms with Gasteiger partial charge in [0.2, 0.25) is 16.9 Å². The van der Waals surface area contributed by atoms with Crippen LogP contribution in [0.2, 0.25) is 20.1 Å². The van der Waals surface area contributed by atoms with Gasteiger partial charge in [-0.2, -0.15) is 14.9 Å². The van der Waals surface area contributed by atoms with E-state index in [2.05, 4.69) is 73.0 Å². The van der Waals surface area contributed by atoms with Gasteiger partial charge >= 0.3 is 0 Å². The molecule has 28 heteroatoms. The molecule has 1 aliphatic heterocycles. The molecule has 0 saturated carbocycles. The Balaban J connectivity index is 0.000000138. The quantitative estimate of drug-likeness (QED) is 0.0536. The number of rotatable bonds is 20. The van der Waals surface area contributed by atoms with Gasteiger partial charge < -0.3 is 25.3 Å². The zero-order chi connectivity index (χ0) is 66.8. The number of hydrogen-bond acceptors (Lipinski definition) is 16. The number of ketones is 1. The molecule has 9 heterocycles. The summed E-state index contributed by atoms with van der Waals surface area (Å²) in [6, 6.07) is 30.7. The lowest BCUT2D eigenvalue weighted by atomic mass is 10.0. The lowest BCUT2D eigenvalue weighted by Gasteiger charge is -2.22. The number of nitrogens with zero attached hydrogens (tertiary/aromatic N) is 16. The molecule has 490 valence electrons. The average molecular weight is 1380 g/mol. The normalized spacial score (nSPS) is 12.8. The van der Waals surface area contributed by atoms with E-state index < -0.39 is 11.9 Å². The van der Waals surface area contributed by atoms with Crippen molar-refractivity contribution in [2.24, 2.45) is 0 Å². The number of benzene rings is 5. The van der Waals surface area contributed by atoms with Gasteiger partial charge in [-0.15, -0.1) is 5.10 Å². The second-order valence-electron chi connectivity index (χ2n) is 22.7. The Hall–Kier alpha value is -9.82. The molecular weight excluding hydrogens is 1320 g/mol. The van der Waals surface area contributed by atoms with Crippen molar-refractivity contribution in [1.82, 2.24) is 84.0 Å². The number of carbonyl (C=O) groups is 1. The first kappa shape index (κ1) is 66.2. The first-order valence-electron chi connectivity index (χ1n) is 30.5. The number of carbonyl (C=O) groups excluding carboxylic acids is 1. The van der Waals surface area contributed by atoms with E-state index in [0.717, 1.165) is 72.4 Å². The zero-order valence-corrected chi connectivity index (χ0v) is 54.9. The van der Waals surface area contributed by atoms with Crippen LogP contribution in [-0.4, -0.2) is 118 Å². The molecular formula is C68H61Cl4F3N18O3. The topological polar surface area (TPSA) is 216 Å². The van der Waals surface area contributed by atoms with Crippen LogP contribution in [0, 0.1) is 17.5 Å². The number of halogens is 7. The summed E-state index contributed by atoms with van der Waals surface area (Å²) in [7, 11) is 3.97. The molecule has 0 radical (unpaired) electrons. The fourth-order valence-electron chi connectivity index (χ4n) is 10.6. The molecule has 21 nitrogen and oxygen atoms in total. The Bertz CT molecular complexity index is 4860. The Morgan fingerprint density at radius 2 is 1.39 bits per heavy atom. The van der Waals surface area contributed by atoms with Crippen LogP contribution in [0.3, 0.4) is 0 Å². The fourth-order valence-corrected chi connectivity index (χ4v) is 11.6. The maximum absolute atomic E-state index is 14.0. The molecule has 1 unspecified atom stereocenters. The molecule has 1 aliphatic rings. The highest BCUT2D eigenvalue weighted by Gasteiger charge is 2.23. The molecule has 1 atom stereocenters. The minimum Gasteiger partial charge on any atom is -0.406 e. The van der Waals surface area contributed by atoms with E-state index in [4.69, 9.17) is 61.1 Å². The summed E-state index contributed by atoms with van der Waals surface area (Å²) < 4.78 is 48.0. The van der Waals surface area contributed by atoms with E-state index in [9.17, 15) is 18.0 Å². The van der Waals surface area contributed by atoms with Gasteiger partial charge in [-0.3, -0.25) is 19.1 Å². The molecule has 0 amide bonds. The largest absolute Gasteiger partial charge is 0.406 e. The van der Waals surface area contributed by atoms with Crippen LogP contribution >= 0.6 is 46.4 Å². The molecule has 0 aliphatic carbocycles. The van der Waals surface area contributed by atoms with Crippen LogP contribution in [0.15, 0.2) is 171 Å². The van der Waals surface area contributed by atoms with Crippen LogP contribution in [-0.2, 0) is 19.7 Å². The third-order valence-electron chi connectivity index (χ3n) is 15.6. The van der Waals surface area contributed by atoms with Gasteiger partial charge in [0.15, 0.2) is 17.5 Å². The summed E-state index contributed by atoms with van der Waals surface area (Å²) in [5.74, 6) is -1.21. The summed E-state index contributed by atoms with van der Waals surface area (Å²) in [6.45, 7) is 5.66. The Morgan fingerprint density at radius 1 is 0.688 bits per heavy atom. The van der Waals surface area contributed by atoms with Gasteiger partial charge in [0.25, 0.3) is 0 Å². The molecule has 14 rings (SSSR count). The molecule has 0 spiro atoms. The smallest absolute Gasteiger partial charge is 0.218 e. The first-order valence-corrected chi connectivity index (χ1v) is 32.0. The van der Waals surface area contributed by atoms with Crippen LogP contribution in [0.1, 0.15) is 77.4 Å². The van der Waals surface area contributed by atoms with Gasteiger partial charge in [-0.1, -0.05) is 99.8 Å². The molecule has 5 aromatic carbocycles. The fraction of sp³-hybridized carbons (Fsp3) is 0.221. The Kier molecular flexibility index (Phi) is 20.9. The van der Waals surface area contributed by atoms with E-state index in [1.54, 1.807) is 48.5 Å². The second-order valence-corrected chi connectivity index (χ2v) is 24.3. The van der Waals surface area contributed by atoms with Crippen molar-refractivity contribution in [2.45, 2.75) is 64.4 Å². The van der Waals surface area contributed by atoms with E-state index >= 15 is 0 Å². The minimum atomic E-state index is -0.720. The molecule has 1 fully saturated rings. The van der Waals surface area contributed by atoms with E-state index in [-0.39, 0.29) is 34.1 Å². The van der Waals surface area contributed by atoms with Crippen molar-refractivity contribution in [1.29, 1.82) is 0 Å². The Labute approximate surface area is 568 Å². The SMILES string of the molecule is CC(On1ncc2ncc(-c3cccc(C(=O)CCCN(C)C)c3)nc21)c1c(Cl)ccc(F)c1Cl.Fc1ccc(Cl)c(CNn2ccc3ncc(-c4cnn(C5CCNCC5)c4)nc32)c1.Fc1ccc(Cl)c(COn2cnc3nc(-c4cnn(Cc5ccccc5)c4)cnc32)c1. The molecule has 0 bridgehead atoms. The van der Waals surface area contributed by atoms with Crippen molar-refractivity contribution in [3.63, 3.8) is 0 Å². The standard InChI is InChI=1S/C25H24Cl2FN5O2.C22H16ClFN6O.C21H21ClFN7/c1-15(23-18(26)9-10-19(28)24(23)27)35-33-25-21(14-30-33)29-13-20(31-25)16-6-4-7-17(12-16)22(34)8-5-11-32(2)3;23-19-7-6-18(24)8-16(19)13-31-30-14-26-21-22(30)25-10-20(28-21)17-9-27-29(12-17)11-15-4-2-1-3-5-15;22-18-2-1-16(23)9-14(18)10-26-29-8-5-19-21(29)28-20(12-25-19)15-11-27-30(13-15)17-3-6-24-7-4-17/h4,6-7,9-10,12-15H,5,8,11H2,1-3H3;1-10,12,14H,11,13H2;1-2,5,8-9,11-13,17,24,26H,3-4,6-7,10H2. The molecule has 13 aromatic rings. The summed E-state index contributed by atoms with van der Waals surface area (Å²) in [6.07, 6.45) is 20.1. The van der Waals surface area contributed by atoms with Crippen LogP contribution in [0.4, 0.5) is 13.2 Å². The Morgan fingerprint density at radius 3 is 2.18 bits per heavy atom. The van der Waals surface area contributed by atoms with Crippen LogP contribution in [0.5, 0.6) is 0 Å². The number of piperidine rings is 1.